The molecular weight excluding hydrogens is 354 g/mol. The molecule has 0 fully saturated rings. The van der Waals surface area contributed by atoms with E-state index in [-0.39, 0.29) is 17.9 Å². The van der Waals surface area contributed by atoms with Crippen LogP contribution in [0.25, 0.3) is 0 Å². The molecule has 0 aliphatic heterocycles. The Morgan fingerprint density at radius 3 is 2.58 bits per heavy atom. The van der Waals surface area contributed by atoms with Crippen LogP contribution in [0.5, 0.6) is 5.75 Å². The molecule has 1 aromatic carbocycles. The van der Waals surface area contributed by atoms with E-state index in [2.05, 4.69) is 14.8 Å². The normalized spacial score (nSPS) is 10.3. The number of urea groups is 1. The number of alkyl halides is 2. The molecule has 0 aliphatic rings. The third-order valence-electron chi connectivity index (χ3n) is 2.91. The lowest BCUT2D eigenvalue weighted by molar-refractivity contribution is -0.123. The van der Waals surface area contributed by atoms with E-state index in [1.165, 1.54) is 24.5 Å². The van der Waals surface area contributed by atoms with E-state index in [4.69, 9.17) is 4.42 Å². The molecule has 1 heterocycles. The summed E-state index contributed by atoms with van der Waals surface area (Å²) in [5.74, 6) is -1.85. The lowest BCUT2D eigenvalue weighted by Gasteiger charge is -2.10. The highest BCUT2D eigenvalue weighted by Crippen LogP contribution is 2.20. The molecule has 138 valence electrons. The van der Waals surface area contributed by atoms with Crippen molar-refractivity contribution in [2.24, 2.45) is 0 Å². The molecule has 0 spiro atoms. The molecule has 26 heavy (non-hydrogen) atoms. The summed E-state index contributed by atoms with van der Waals surface area (Å²) in [6.07, 6.45) is 1.43. The quantitative estimate of drug-likeness (QED) is 0.725. The highest BCUT2D eigenvalue weighted by atomic mass is 19.3. The van der Waals surface area contributed by atoms with E-state index in [1.54, 1.807) is 12.1 Å². The fourth-order valence-corrected chi connectivity index (χ4v) is 1.83. The molecule has 0 atom stereocenters. The van der Waals surface area contributed by atoms with Gasteiger partial charge in [-0.3, -0.25) is 10.1 Å². The molecule has 0 aliphatic carbocycles. The number of hydrogen-bond acceptors (Lipinski definition) is 6. The summed E-state index contributed by atoms with van der Waals surface area (Å²) >= 11 is 0. The summed E-state index contributed by atoms with van der Waals surface area (Å²) in [5.41, 5.74) is -0.275. The minimum atomic E-state index is -3.12. The highest BCUT2D eigenvalue weighted by molar-refractivity contribution is 5.97. The number of ether oxygens (including phenoxy) is 2. The maximum absolute atomic E-state index is 12.3. The second-order valence-electron chi connectivity index (χ2n) is 4.76. The van der Waals surface area contributed by atoms with Crippen LogP contribution >= 0.6 is 0 Å². The SMILES string of the molecule is O=C(COC(=O)c1ccccc1OC(F)F)NC(=O)NCc1ccco1. The standard InChI is InChI=1S/C16H14F2N2O6/c17-15(18)26-12-6-2-1-5-11(12)14(22)25-9-13(21)20-16(23)19-8-10-4-3-7-24-10/h1-7,15H,8-9H2,(H2,19,20,21,23). The molecule has 0 saturated heterocycles. The minimum absolute atomic E-state index is 0.0598. The minimum Gasteiger partial charge on any atom is -0.467 e. The largest absolute Gasteiger partial charge is 0.467 e. The molecule has 10 heteroatoms. The van der Waals surface area contributed by atoms with Crippen molar-refractivity contribution in [1.82, 2.24) is 10.6 Å². The number of benzene rings is 1. The molecule has 2 N–H and O–H groups in total. The van der Waals surface area contributed by atoms with Gasteiger partial charge in [-0.2, -0.15) is 8.78 Å². The Kier molecular flexibility index (Phi) is 6.66. The van der Waals surface area contributed by atoms with E-state index in [1.807, 2.05) is 5.32 Å². The summed E-state index contributed by atoms with van der Waals surface area (Å²) in [7, 11) is 0. The van der Waals surface area contributed by atoms with E-state index >= 15 is 0 Å². The second-order valence-corrected chi connectivity index (χ2v) is 4.76. The fourth-order valence-electron chi connectivity index (χ4n) is 1.83. The molecular formula is C16H14F2N2O6. The van der Waals surface area contributed by atoms with Crippen molar-refractivity contribution in [2.75, 3.05) is 6.61 Å². The van der Waals surface area contributed by atoms with Crippen LogP contribution in [0.2, 0.25) is 0 Å². The zero-order valence-electron chi connectivity index (χ0n) is 13.2. The van der Waals surface area contributed by atoms with Gasteiger partial charge in [-0.15, -0.1) is 0 Å². The van der Waals surface area contributed by atoms with Crippen molar-refractivity contribution < 1.29 is 37.1 Å². The third kappa shape index (κ3) is 5.89. The Morgan fingerprint density at radius 2 is 1.88 bits per heavy atom. The van der Waals surface area contributed by atoms with E-state index in [0.717, 1.165) is 6.07 Å². The number of imide groups is 1. The van der Waals surface area contributed by atoms with Gasteiger partial charge in [-0.25, -0.2) is 9.59 Å². The van der Waals surface area contributed by atoms with Gasteiger partial charge in [-0.1, -0.05) is 12.1 Å². The van der Waals surface area contributed by atoms with Crippen LogP contribution < -0.4 is 15.4 Å². The van der Waals surface area contributed by atoms with Gasteiger partial charge in [-0.05, 0) is 24.3 Å². The average molecular weight is 368 g/mol. The molecule has 2 aromatic rings. The molecule has 3 amide bonds. The van der Waals surface area contributed by atoms with Gasteiger partial charge in [0, 0.05) is 0 Å². The van der Waals surface area contributed by atoms with Crippen LogP contribution in [0.1, 0.15) is 16.1 Å². The smallest absolute Gasteiger partial charge is 0.387 e. The van der Waals surface area contributed by atoms with Gasteiger partial charge in [0.05, 0.1) is 12.8 Å². The van der Waals surface area contributed by atoms with Crippen LogP contribution in [0, 0.1) is 0 Å². The number of esters is 1. The summed E-state index contributed by atoms with van der Waals surface area (Å²) < 4.78 is 38.5. The number of furan rings is 1. The predicted octanol–water partition coefficient (Wildman–Crippen LogP) is 2.06. The van der Waals surface area contributed by atoms with E-state index in [0.29, 0.717) is 5.76 Å². The maximum Gasteiger partial charge on any atom is 0.387 e. The first-order chi connectivity index (χ1) is 12.5. The Bertz CT molecular complexity index is 764. The number of nitrogens with one attached hydrogen (secondary N) is 2. The van der Waals surface area contributed by atoms with Crippen molar-refractivity contribution in [3.63, 3.8) is 0 Å². The number of carbonyl (C=O) groups excluding carboxylic acids is 3. The first-order valence-electron chi connectivity index (χ1n) is 7.26. The summed E-state index contributed by atoms with van der Waals surface area (Å²) in [6.45, 7) is -3.84. The maximum atomic E-state index is 12.3. The van der Waals surface area contributed by atoms with Crippen LogP contribution in [0.3, 0.4) is 0 Å². The summed E-state index contributed by atoms with van der Waals surface area (Å²) in [4.78, 5) is 35.0. The summed E-state index contributed by atoms with van der Waals surface area (Å²) in [5, 5.41) is 4.29. The second kappa shape index (κ2) is 9.16. The molecule has 0 radical (unpaired) electrons. The topological polar surface area (TPSA) is 107 Å². The van der Waals surface area contributed by atoms with Gasteiger partial charge in [0.1, 0.15) is 17.1 Å². The Morgan fingerprint density at radius 1 is 1.12 bits per heavy atom. The molecule has 1 aromatic heterocycles. The van der Waals surface area contributed by atoms with Crippen LogP contribution in [-0.4, -0.2) is 31.1 Å². The Labute approximate surface area is 146 Å². The molecule has 0 bridgehead atoms. The lowest BCUT2D eigenvalue weighted by atomic mass is 10.2. The van der Waals surface area contributed by atoms with Crippen LogP contribution in [-0.2, 0) is 16.1 Å². The van der Waals surface area contributed by atoms with Crippen molar-refractivity contribution in [3.8, 4) is 5.75 Å². The highest BCUT2D eigenvalue weighted by Gasteiger charge is 2.18. The Hall–Kier alpha value is -3.43. The van der Waals surface area contributed by atoms with E-state index < -0.39 is 31.1 Å². The first-order valence-corrected chi connectivity index (χ1v) is 7.26. The van der Waals surface area contributed by atoms with Crippen LogP contribution in [0.4, 0.5) is 13.6 Å². The fraction of sp³-hybridized carbons (Fsp3) is 0.188. The monoisotopic (exact) mass is 368 g/mol. The number of hydrogen-bond donors (Lipinski definition) is 2. The van der Waals surface area contributed by atoms with Crippen molar-refractivity contribution >= 4 is 17.9 Å². The lowest BCUT2D eigenvalue weighted by Crippen LogP contribution is -2.41. The van der Waals surface area contributed by atoms with Crippen molar-refractivity contribution in [1.29, 1.82) is 0 Å². The number of amides is 3. The number of rotatable bonds is 7. The van der Waals surface area contributed by atoms with Crippen LogP contribution in [0.15, 0.2) is 47.1 Å². The third-order valence-corrected chi connectivity index (χ3v) is 2.91. The van der Waals surface area contributed by atoms with Gasteiger partial charge in [0.25, 0.3) is 5.91 Å². The van der Waals surface area contributed by atoms with Crippen molar-refractivity contribution in [3.05, 3.63) is 54.0 Å². The van der Waals surface area contributed by atoms with Gasteiger partial charge in [0.2, 0.25) is 0 Å². The molecule has 0 saturated carbocycles. The predicted molar refractivity (Wildman–Crippen MR) is 82.4 cm³/mol. The van der Waals surface area contributed by atoms with Gasteiger partial charge < -0.3 is 19.2 Å². The zero-order valence-corrected chi connectivity index (χ0v) is 13.2. The number of para-hydroxylation sites is 1. The number of halogens is 2. The molecule has 0 unspecified atom stereocenters. The Balaban J connectivity index is 1.79. The van der Waals surface area contributed by atoms with Crippen molar-refractivity contribution in [2.45, 2.75) is 13.2 Å². The average Bonchev–Trinajstić information content (AvgIpc) is 3.11. The summed E-state index contributed by atoms with van der Waals surface area (Å²) in [6, 6.07) is 7.61. The molecule has 2 rings (SSSR count). The van der Waals surface area contributed by atoms with Gasteiger partial charge >= 0.3 is 18.6 Å². The first kappa shape index (κ1) is 18.9. The van der Waals surface area contributed by atoms with E-state index in [9.17, 15) is 23.2 Å². The molecule has 8 nitrogen and oxygen atoms in total. The zero-order chi connectivity index (χ0) is 18.9. The number of carbonyl (C=O) groups is 3. The van der Waals surface area contributed by atoms with Gasteiger partial charge in [0.15, 0.2) is 6.61 Å².